The summed E-state index contributed by atoms with van der Waals surface area (Å²) in [6.45, 7) is -0.734. The second-order valence-corrected chi connectivity index (χ2v) is 4.64. The first-order valence-electron chi connectivity index (χ1n) is 4.41. The summed E-state index contributed by atoms with van der Waals surface area (Å²) in [5, 5.41) is 4.51. The van der Waals surface area contributed by atoms with Gasteiger partial charge >= 0.3 is 6.61 Å². The van der Waals surface area contributed by atoms with E-state index >= 15 is 0 Å². The van der Waals surface area contributed by atoms with E-state index in [-0.39, 0.29) is 0 Å². The van der Waals surface area contributed by atoms with Crippen LogP contribution in [0.25, 0.3) is 6.08 Å². The van der Waals surface area contributed by atoms with Crippen LogP contribution in [-0.4, -0.2) is 15.0 Å². The smallest absolute Gasteiger partial charge is 0.387 e. The summed E-state index contributed by atoms with van der Waals surface area (Å²) in [5.74, 6) is -7.61. The number of benzene rings is 1. The van der Waals surface area contributed by atoms with Crippen molar-refractivity contribution < 1.29 is 35.1 Å². The van der Waals surface area contributed by atoms with Gasteiger partial charge in [0.2, 0.25) is 10.0 Å². The Morgan fingerprint density at radius 2 is 1.68 bits per heavy atom. The van der Waals surface area contributed by atoms with Gasteiger partial charge in [-0.15, -0.1) is 0 Å². The Bertz CT molecular complexity index is 629. The molecule has 0 spiro atoms. The maximum atomic E-state index is 13.6. The molecule has 0 fully saturated rings. The van der Waals surface area contributed by atoms with Gasteiger partial charge in [0.25, 0.3) is 0 Å². The lowest BCUT2D eigenvalue weighted by molar-refractivity contribution is -0.0546. The summed E-state index contributed by atoms with van der Waals surface area (Å²) in [7, 11) is -5.03. The van der Waals surface area contributed by atoms with Gasteiger partial charge in [-0.05, 0) is 0 Å². The standard InChI is InChI=1S/C9H6F5NO3S/c1-2-3-4(10)6(12)8(19(15,16)17)7(5(3)11)18-9(13)14/h2,9H,1H2,(H2,15,16,17). The van der Waals surface area contributed by atoms with Gasteiger partial charge in [0.1, 0.15) is 0 Å². The fourth-order valence-electron chi connectivity index (χ4n) is 1.26. The maximum absolute atomic E-state index is 13.6. The molecule has 1 aromatic rings. The number of nitrogens with two attached hydrogens (primary N) is 1. The zero-order valence-electron chi connectivity index (χ0n) is 8.96. The van der Waals surface area contributed by atoms with Crippen molar-refractivity contribution in [2.45, 2.75) is 11.5 Å². The van der Waals surface area contributed by atoms with Crippen LogP contribution in [0.2, 0.25) is 0 Å². The molecule has 0 atom stereocenters. The number of sulfonamides is 1. The predicted octanol–water partition coefficient (Wildman–Crippen LogP) is 2.00. The minimum Gasteiger partial charge on any atom is -0.430 e. The molecule has 0 radical (unpaired) electrons. The van der Waals surface area contributed by atoms with E-state index in [1.165, 1.54) is 0 Å². The number of ether oxygens (including phenoxy) is 1. The SMILES string of the molecule is C=Cc1c(F)c(F)c(S(N)(=O)=O)c(OC(F)F)c1F. The van der Waals surface area contributed by atoms with E-state index in [2.05, 4.69) is 16.5 Å². The molecular weight excluding hydrogens is 297 g/mol. The van der Waals surface area contributed by atoms with Crippen molar-refractivity contribution in [3.63, 3.8) is 0 Å². The minimum absolute atomic E-state index is 0.471. The highest BCUT2D eigenvalue weighted by Gasteiger charge is 2.32. The summed E-state index contributed by atoms with van der Waals surface area (Å²) >= 11 is 0. The third-order valence-electron chi connectivity index (χ3n) is 1.97. The van der Waals surface area contributed by atoms with Crippen LogP contribution in [0.15, 0.2) is 11.5 Å². The fourth-order valence-corrected chi connectivity index (χ4v) is 2.00. The Morgan fingerprint density at radius 1 is 1.16 bits per heavy atom. The van der Waals surface area contributed by atoms with Crippen molar-refractivity contribution in [1.82, 2.24) is 0 Å². The van der Waals surface area contributed by atoms with Gasteiger partial charge < -0.3 is 4.74 Å². The van der Waals surface area contributed by atoms with E-state index < -0.39 is 50.3 Å². The highest BCUT2D eigenvalue weighted by Crippen LogP contribution is 2.35. The molecule has 0 aromatic heterocycles. The average Bonchev–Trinajstić information content (AvgIpc) is 2.24. The lowest BCUT2D eigenvalue weighted by Gasteiger charge is -2.13. The molecule has 0 aliphatic carbocycles. The molecule has 0 aliphatic rings. The van der Waals surface area contributed by atoms with E-state index in [9.17, 15) is 30.4 Å². The molecule has 19 heavy (non-hydrogen) atoms. The third kappa shape index (κ3) is 2.84. The monoisotopic (exact) mass is 303 g/mol. The van der Waals surface area contributed by atoms with Crippen molar-refractivity contribution in [2.75, 3.05) is 0 Å². The quantitative estimate of drug-likeness (QED) is 0.683. The van der Waals surface area contributed by atoms with Gasteiger partial charge in [0.05, 0.1) is 5.56 Å². The lowest BCUT2D eigenvalue weighted by atomic mass is 10.1. The van der Waals surface area contributed by atoms with Crippen molar-refractivity contribution in [3.05, 3.63) is 29.6 Å². The average molecular weight is 303 g/mol. The van der Waals surface area contributed by atoms with E-state index in [1.54, 1.807) is 0 Å². The van der Waals surface area contributed by atoms with Crippen LogP contribution in [0.5, 0.6) is 5.75 Å². The maximum Gasteiger partial charge on any atom is 0.387 e. The highest BCUT2D eigenvalue weighted by molar-refractivity contribution is 7.89. The zero-order chi connectivity index (χ0) is 15.0. The van der Waals surface area contributed by atoms with Crippen LogP contribution in [-0.2, 0) is 10.0 Å². The normalized spacial score (nSPS) is 11.7. The van der Waals surface area contributed by atoms with Crippen molar-refractivity contribution in [1.29, 1.82) is 0 Å². The predicted molar refractivity (Wildman–Crippen MR) is 54.4 cm³/mol. The highest BCUT2D eigenvalue weighted by atomic mass is 32.2. The molecule has 4 nitrogen and oxygen atoms in total. The van der Waals surface area contributed by atoms with Crippen molar-refractivity contribution in [3.8, 4) is 5.75 Å². The Kier molecular flexibility index (Phi) is 4.15. The van der Waals surface area contributed by atoms with Crippen LogP contribution in [0, 0.1) is 17.5 Å². The summed E-state index contributed by atoms with van der Waals surface area (Å²) in [6, 6.07) is 0. The Hall–Kier alpha value is -1.68. The largest absolute Gasteiger partial charge is 0.430 e. The number of primary sulfonamides is 1. The van der Waals surface area contributed by atoms with Crippen molar-refractivity contribution in [2.24, 2.45) is 5.14 Å². The van der Waals surface area contributed by atoms with Crippen molar-refractivity contribution >= 4 is 16.1 Å². The van der Waals surface area contributed by atoms with Crippen LogP contribution >= 0.6 is 0 Å². The molecule has 0 saturated heterocycles. The first-order valence-corrected chi connectivity index (χ1v) is 5.96. The summed E-state index contributed by atoms with van der Waals surface area (Å²) in [4.78, 5) is -1.83. The van der Waals surface area contributed by atoms with E-state index in [1.807, 2.05) is 0 Å². The molecule has 2 N–H and O–H groups in total. The van der Waals surface area contributed by atoms with Crippen LogP contribution in [0.1, 0.15) is 5.56 Å². The van der Waals surface area contributed by atoms with Gasteiger partial charge in [-0.1, -0.05) is 12.7 Å². The fraction of sp³-hybridized carbons (Fsp3) is 0.111. The van der Waals surface area contributed by atoms with E-state index in [4.69, 9.17) is 0 Å². The molecular formula is C9H6F5NO3S. The molecule has 0 bridgehead atoms. The molecule has 10 heteroatoms. The number of rotatable bonds is 4. The molecule has 1 aromatic carbocycles. The zero-order valence-corrected chi connectivity index (χ0v) is 9.78. The number of alkyl halides is 2. The van der Waals surface area contributed by atoms with Gasteiger partial charge in [0.15, 0.2) is 28.1 Å². The molecule has 0 heterocycles. The second-order valence-electron chi connectivity index (χ2n) is 3.14. The molecule has 1 rings (SSSR count). The molecule has 106 valence electrons. The number of hydrogen-bond acceptors (Lipinski definition) is 3. The van der Waals surface area contributed by atoms with Gasteiger partial charge in [-0.2, -0.15) is 8.78 Å². The third-order valence-corrected chi connectivity index (χ3v) is 2.90. The van der Waals surface area contributed by atoms with Crippen LogP contribution in [0.4, 0.5) is 22.0 Å². The molecule has 0 aliphatic heterocycles. The molecule has 0 amide bonds. The second kappa shape index (κ2) is 5.13. The van der Waals surface area contributed by atoms with Gasteiger partial charge in [0, 0.05) is 0 Å². The van der Waals surface area contributed by atoms with Crippen LogP contribution in [0.3, 0.4) is 0 Å². The summed E-state index contributed by atoms with van der Waals surface area (Å²) < 4.78 is 90.1. The minimum atomic E-state index is -5.03. The lowest BCUT2D eigenvalue weighted by Crippen LogP contribution is -2.20. The Balaban J connectivity index is 3.84. The first-order chi connectivity index (χ1) is 8.61. The Labute approximate surface area is 104 Å². The summed E-state index contributed by atoms with van der Waals surface area (Å²) in [5.41, 5.74) is -1.15. The van der Waals surface area contributed by atoms with Gasteiger partial charge in [-0.3, -0.25) is 0 Å². The number of hydrogen-bond donors (Lipinski definition) is 1. The van der Waals surface area contributed by atoms with E-state index in [0.29, 0.717) is 6.08 Å². The van der Waals surface area contributed by atoms with E-state index in [0.717, 1.165) is 0 Å². The molecule has 0 saturated carbocycles. The molecule has 0 unspecified atom stereocenters. The van der Waals surface area contributed by atoms with Crippen LogP contribution < -0.4 is 9.88 Å². The van der Waals surface area contributed by atoms with Gasteiger partial charge in [-0.25, -0.2) is 26.7 Å². The Morgan fingerprint density at radius 3 is 2.05 bits per heavy atom. The topological polar surface area (TPSA) is 69.4 Å². The summed E-state index contributed by atoms with van der Waals surface area (Å²) in [6.07, 6.45) is 0.471. The first kappa shape index (κ1) is 15.4. The number of halogens is 5.